The van der Waals surface area contributed by atoms with Crippen LogP contribution in [-0.2, 0) is 24.1 Å². The lowest BCUT2D eigenvalue weighted by atomic mass is 9.91. The summed E-state index contributed by atoms with van der Waals surface area (Å²) < 4.78 is 20.7. The number of hydrogen-bond donors (Lipinski definition) is 0. The first-order chi connectivity index (χ1) is 16.0. The second kappa shape index (κ2) is 9.23. The Morgan fingerprint density at radius 3 is 2.79 bits per heavy atom. The molecule has 174 valence electrons. The van der Waals surface area contributed by atoms with E-state index in [1.54, 1.807) is 34.4 Å². The average Bonchev–Trinajstić information content (AvgIpc) is 3.21. The van der Waals surface area contributed by atoms with E-state index in [1.807, 2.05) is 6.92 Å². The molecular weight excluding hydrogens is 443 g/mol. The van der Waals surface area contributed by atoms with Gasteiger partial charge in [-0.2, -0.15) is 0 Å². The third-order valence-electron chi connectivity index (χ3n) is 6.66. The molecule has 2 aliphatic rings. The van der Waals surface area contributed by atoms with Crippen LogP contribution in [0, 0.1) is 5.82 Å². The van der Waals surface area contributed by atoms with Gasteiger partial charge in [-0.1, -0.05) is 18.2 Å². The van der Waals surface area contributed by atoms with Crippen molar-refractivity contribution in [3.8, 4) is 0 Å². The Morgan fingerprint density at radius 1 is 1.24 bits per heavy atom. The van der Waals surface area contributed by atoms with E-state index in [-0.39, 0.29) is 24.0 Å². The summed E-state index contributed by atoms with van der Waals surface area (Å²) in [5, 5.41) is 0.694. The predicted octanol–water partition coefficient (Wildman–Crippen LogP) is 3.28. The molecule has 0 bridgehead atoms. The molecule has 5 rings (SSSR count). The topological polar surface area (TPSA) is 67.7 Å². The molecule has 0 saturated carbocycles. The summed E-state index contributed by atoms with van der Waals surface area (Å²) >= 11 is 1.60. The second-order valence-electron chi connectivity index (χ2n) is 8.57. The number of benzene rings is 1. The molecule has 1 atom stereocenters. The molecule has 1 fully saturated rings. The Balaban J connectivity index is 1.33. The fraction of sp³-hybridized carbons (Fsp3) is 0.458. The molecule has 3 heterocycles. The average molecular weight is 471 g/mol. The zero-order valence-corrected chi connectivity index (χ0v) is 19.4. The number of aromatic nitrogens is 2. The van der Waals surface area contributed by atoms with Crippen LogP contribution in [-0.4, -0.2) is 64.3 Å². The summed E-state index contributed by atoms with van der Waals surface area (Å²) in [6.45, 7) is 5.41. The molecule has 1 aromatic carbocycles. The Bertz CT molecular complexity index is 1230. The first-order valence-corrected chi connectivity index (χ1v) is 12.3. The standard InChI is InChI=1S/C24H27FN4O3S/c1-2-32-24(31)28-11-9-27(10-12-28)17-7-8-18-20(13-17)33-22-21(18)23(30)29(15-26-22)14-16-5-3-4-6-19(16)25/h3-6,15,17H,2,7-14H2,1H3/t17-/m1/s1. The Morgan fingerprint density at radius 2 is 2.03 bits per heavy atom. The van der Waals surface area contributed by atoms with Crippen molar-refractivity contribution in [3.05, 3.63) is 62.8 Å². The van der Waals surface area contributed by atoms with Gasteiger partial charge in [-0.15, -0.1) is 11.3 Å². The zero-order chi connectivity index (χ0) is 22.9. The second-order valence-corrected chi connectivity index (χ2v) is 9.66. The number of nitrogens with zero attached hydrogens (tertiary/aromatic N) is 4. The van der Waals surface area contributed by atoms with Gasteiger partial charge in [-0.05, 0) is 37.8 Å². The minimum Gasteiger partial charge on any atom is -0.450 e. The largest absolute Gasteiger partial charge is 0.450 e. The van der Waals surface area contributed by atoms with Crippen molar-refractivity contribution in [1.82, 2.24) is 19.4 Å². The summed E-state index contributed by atoms with van der Waals surface area (Å²) in [5.41, 5.74) is 1.49. The number of carbonyl (C=O) groups is 1. The molecule has 1 aliphatic heterocycles. The van der Waals surface area contributed by atoms with E-state index in [2.05, 4.69) is 9.88 Å². The van der Waals surface area contributed by atoms with Gasteiger partial charge in [0.2, 0.25) is 0 Å². The van der Waals surface area contributed by atoms with Gasteiger partial charge in [0.15, 0.2) is 0 Å². The van der Waals surface area contributed by atoms with Crippen LogP contribution in [0.4, 0.5) is 9.18 Å². The number of rotatable bonds is 4. The maximum absolute atomic E-state index is 14.1. The third-order valence-corrected chi connectivity index (χ3v) is 7.83. The van der Waals surface area contributed by atoms with E-state index < -0.39 is 0 Å². The Kier molecular flexibility index (Phi) is 6.16. The minimum atomic E-state index is -0.317. The van der Waals surface area contributed by atoms with E-state index in [0.29, 0.717) is 36.7 Å². The van der Waals surface area contributed by atoms with Gasteiger partial charge >= 0.3 is 6.09 Å². The monoisotopic (exact) mass is 470 g/mol. The van der Waals surface area contributed by atoms with Gasteiger partial charge in [-0.3, -0.25) is 14.3 Å². The fourth-order valence-electron chi connectivity index (χ4n) is 4.90. The third kappa shape index (κ3) is 4.27. The lowest BCUT2D eigenvalue weighted by Crippen LogP contribution is -2.53. The molecule has 1 aliphatic carbocycles. The van der Waals surface area contributed by atoms with Crippen LogP contribution in [0.15, 0.2) is 35.4 Å². The first-order valence-electron chi connectivity index (χ1n) is 11.4. The summed E-state index contributed by atoms with van der Waals surface area (Å²) in [5.74, 6) is -0.317. The Labute approximate surface area is 195 Å². The Hall–Kier alpha value is -2.78. The molecule has 7 nitrogen and oxygen atoms in total. The summed E-state index contributed by atoms with van der Waals surface area (Å²) in [6.07, 6.45) is 4.00. The van der Waals surface area contributed by atoms with Crippen molar-refractivity contribution < 1.29 is 13.9 Å². The minimum absolute atomic E-state index is 0.0951. The molecule has 0 unspecified atom stereocenters. The van der Waals surface area contributed by atoms with E-state index in [1.165, 1.54) is 21.8 Å². The molecule has 9 heteroatoms. The van der Waals surface area contributed by atoms with Crippen LogP contribution < -0.4 is 5.56 Å². The van der Waals surface area contributed by atoms with E-state index >= 15 is 0 Å². The van der Waals surface area contributed by atoms with Crippen LogP contribution in [0.1, 0.15) is 29.3 Å². The van der Waals surface area contributed by atoms with Gasteiger partial charge in [-0.25, -0.2) is 14.2 Å². The van der Waals surface area contributed by atoms with Crippen molar-refractivity contribution >= 4 is 27.6 Å². The maximum atomic E-state index is 14.1. The number of carbonyl (C=O) groups excluding carboxylic acids is 1. The van der Waals surface area contributed by atoms with Crippen molar-refractivity contribution in [1.29, 1.82) is 0 Å². The number of fused-ring (bicyclic) bond motifs is 3. The molecule has 0 spiro atoms. The molecule has 1 saturated heterocycles. The van der Waals surface area contributed by atoms with Gasteiger partial charge in [0.25, 0.3) is 5.56 Å². The highest BCUT2D eigenvalue weighted by molar-refractivity contribution is 7.18. The summed E-state index contributed by atoms with van der Waals surface area (Å²) in [4.78, 5) is 36.0. The van der Waals surface area contributed by atoms with Crippen LogP contribution >= 0.6 is 11.3 Å². The number of hydrogen-bond acceptors (Lipinski definition) is 6. The van der Waals surface area contributed by atoms with Crippen molar-refractivity contribution in [2.24, 2.45) is 0 Å². The van der Waals surface area contributed by atoms with E-state index in [0.717, 1.165) is 42.7 Å². The molecule has 0 N–H and O–H groups in total. The van der Waals surface area contributed by atoms with Crippen LogP contribution in [0.25, 0.3) is 10.2 Å². The number of ether oxygens (including phenoxy) is 1. The zero-order valence-electron chi connectivity index (χ0n) is 18.6. The number of piperazine rings is 1. The maximum Gasteiger partial charge on any atom is 0.409 e. The van der Waals surface area contributed by atoms with Gasteiger partial charge < -0.3 is 9.64 Å². The van der Waals surface area contributed by atoms with Gasteiger partial charge in [0.1, 0.15) is 10.6 Å². The number of halogens is 1. The quantitative estimate of drug-likeness (QED) is 0.586. The normalized spacial score (nSPS) is 19.0. The summed E-state index contributed by atoms with van der Waals surface area (Å²) in [7, 11) is 0. The highest BCUT2D eigenvalue weighted by Crippen LogP contribution is 2.35. The molecule has 0 radical (unpaired) electrons. The molecule has 2 aromatic heterocycles. The van der Waals surface area contributed by atoms with Crippen molar-refractivity contribution in [2.75, 3.05) is 32.8 Å². The lowest BCUT2D eigenvalue weighted by Gasteiger charge is -2.40. The van der Waals surface area contributed by atoms with Gasteiger partial charge in [0.05, 0.1) is 24.9 Å². The lowest BCUT2D eigenvalue weighted by molar-refractivity contribution is 0.0635. The molecular formula is C24H27FN4O3S. The molecule has 3 aromatic rings. The highest BCUT2D eigenvalue weighted by atomic mass is 32.1. The van der Waals surface area contributed by atoms with Gasteiger partial charge in [0, 0.05) is 42.7 Å². The number of amides is 1. The van der Waals surface area contributed by atoms with Crippen molar-refractivity contribution in [3.63, 3.8) is 0 Å². The van der Waals surface area contributed by atoms with Crippen molar-refractivity contribution in [2.45, 2.75) is 38.8 Å². The van der Waals surface area contributed by atoms with Crippen LogP contribution in [0.3, 0.4) is 0 Å². The van der Waals surface area contributed by atoms with Crippen LogP contribution in [0.5, 0.6) is 0 Å². The fourth-order valence-corrected chi connectivity index (χ4v) is 6.15. The number of thiophene rings is 1. The van der Waals surface area contributed by atoms with E-state index in [4.69, 9.17) is 4.74 Å². The number of aryl methyl sites for hydroxylation is 1. The van der Waals surface area contributed by atoms with Crippen LogP contribution in [0.2, 0.25) is 0 Å². The predicted molar refractivity (Wildman–Crippen MR) is 125 cm³/mol. The molecule has 1 amide bonds. The smallest absolute Gasteiger partial charge is 0.409 e. The highest BCUT2D eigenvalue weighted by Gasteiger charge is 2.31. The van der Waals surface area contributed by atoms with E-state index in [9.17, 15) is 14.0 Å². The summed E-state index contributed by atoms with van der Waals surface area (Å²) in [6, 6.07) is 6.92. The molecule has 33 heavy (non-hydrogen) atoms. The first kappa shape index (κ1) is 22.0. The SMILES string of the molecule is CCOC(=O)N1CCN([C@@H]2CCc3c(sc4ncn(Cc5ccccc5F)c(=O)c34)C2)CC1.